The summed E-state index contributed by atoms with van der Waals surface area (Å²) in [6.07, 6.45) is 7.85. The Morgan fingerprint density at radius 2 is 1.95 bits per heavy atom. The van der Waals surface area contributed by atoms with E-state index in [1.807, 2.05) is 0 Å². The van der Waals surface area contributed by atoms with Gasteiger partial charge in [0.15, 0.2) is 0 Å². The molecule has 1 aromatic heterocycles. The molecule has 1 aliphatic carbocycles. The van der Waals surface area contributed by atoms with Gasteiger partial charge in [0.2, 0.25) is 5.95 Å². The van der Waals surface area contributed by atoms with Crippen molar-refractivity contribution in [2.75, 3.05) is 5.32 Å². The molecular weight excluding hydrogens is 239 g/mol. The van der Waals surface area contributed by atoms with Gasteiger partial charge in [0.05, 0.1) is 11.9 Å². The Morgan fingerprint density at radius 1 is 1.16 bits per heavy atom. The number of halogens is 1. The van der Waals surface area contributed by atoms with Crippen LogP contribution in [0.4, 0.5) is 10.1 Å². The van der Waals surface area contributed by atoms with Crippen LogP contribution >= 0.6 is 0 Å². The van der Waals surface area contributed by atoms with Gasteiger partial charge in [-0.1, -0.05) is 27.2 Å². The van der Waals surface area contributed by atoms with E-state index in [2.05, 4.69) is 31.1 Å². The molecule has 3 heteroatoms. The van der Waals surface area contributed by atoms with Gasteiger partial charge < -0.3 is 5.32 Å². The predicted octanol–water partition coefficient (Wildman–Crippen LogP) is 4.63. The fraction of sp³-hybridized carbons (Fsp3) is 0.688. The Labute approximate surface area is 115 Å². The number of hydrogen-bond acceptors (Lipinski definition) is 2. The summed E-state index contributed by atoms with van der Waals surface area (Å²) < 4.78 is 12.8. The number of nitrogens with one attached hydrogen (secondary N) is 1. The van der Waals surface area contributed by atoms with Crippen molar-refractivity contribution >= 4 is 5.69 Å². The van der Waals surface area contributed by atoms with E-state index in [1.165, 1.54) is 38.2 Å². The Morgan fingerprint density at radius 3 is 2.58 bits per heavy atom. The molecule has 1 N–H and O–H groups in total. The van der Waals surface area contributed by atoms with E-state index in [9.17, 15) is 4.39 Å². The van der Waals surface area contributed by atoms with E-state index in [0.29, 0.717) is 11.5 Å². The summed E-state index contributed by atoms with van der Waals surface area (Å²) in [5.41, 5.74) is 1.34. The Balaban J connectivity index is 1.91. The molecule has 19 heavy (non-hydrogen) atoms. The first kappa shape index (κ1) is 14.3. The topological polar surface area (TPSA) is 24.9 Å². The third-order valence-electron chi connectivity index (χ3n) is 4.29. The van der Waals surface area contributed by atoms with Crippen LogP contribution in [0.15, 0.2) is 18.3 Å². The first-order chi connectivity index (χ1) is 8.95. The van der Waals surface area contributed by atoms with E-state index in [-0.39, 0.29) is 0 Å². The molecule has 1 aromatic rings. The SMILES string of the molecule is CC(C)(C)C1CCCC(Nc2ccc(F)nc2)CC1. The molecule has 2 rings (SSSR count). The summed E-state index contributed by atoms with van der Waals surface area (Å²) >= 11 is 0. The van der Waals surface area contributed by atoms with Crippen molar-refractivity contribution in [2.24, 2.45) is 11.3 Å². The molecule has 0 saturated heterocycles. The first-order valence-corrected chi connectivity index (χ1v) is 7.33. The fourth-order valence-electron chi connectivity index (χ4n) is 3.01. The highest BCUT2D eigenvalue weighted by atomic mass is 19.1. The average molecular weight is 264 g/mol. The quantitative estimate of drug-likeness (QED) is 0.622. The van der Waals surface area contributed by atoms with Crippen LogP contribution in [0.2, 0.25) is 0 Å². The van der Waals surface area contributed by atoms with Crippen LogP contribution in [-0.2, 0) is 0 Å². The molecule has 0 aromatic carbocycles. The third kappa shape index (κ3) is 4.19. The second kappa shape index (κ2) is 5.89. The minimum Gasteiger partial charge on any atom is -0.381 e. The number of hydrogen-bond donors (Lipinski definition) is 1. The van der Waals surface area contributed by atoms with Crippen LogP contribution < -0.4 is 5.32 Å². The molecule has 1 saturated carbocycles. The lowest BCUT2D eigenvalue weighted by molar-refractivity contribution is 0.214. The Bertz CT molecular complexity index is 394. The highest BCUT2D eigenvalue weighted by Gasteiger charge is 2.27. The largest absolute Gasteiger partial charge is 0.381 e. The van der Waals surface area contributed by atoms with E-state index < -0.39 is 5.95 Å². The molecule has 0 aliphatic heterocycles. The van der Waals surface area contributed by atoms with Gasteiger partial charge in [0.25, 0.3) is 0 Å². The van der Waals surface area contributed by atoms with Crippen molar-refractivity contribution in [1.82, 2.24) is 4.98 Å². The summed E-state index contributed by atoms with van der Waals surface area (Å²) in [5.74, 6) is 0.393. The van der Waals surface area contributed by atoms with E-state index in [4.69, 9.17) is 0 Å². The van der Waals surface area contributed by atoms with Crippen molar-refractivity contribution in [1.29, 1.82) is 0 Å². The van der Waals surface area contributed by atoms with E-state index in [0.717, 1.165) is 11.6 Å². The normalized spacial score (nSPS) is 24.8. The van der Waals surface area contributed by atoms with Gasteiger partial charge in [-0.25, -0.2) is 4.98 Å². The summed E-state index contributed by atoms with van der Waals surface area (Å²) in [4.78, 5) is 3.69. The van der Waals surface area contributed by atoms with Gasteiger partial charge in [-0.15, -0.1) is 0 Å². The summed E-state index contributed by atoms with van der Waals surface area (Å²) in [6, 6.07) is 3.69. The van der Waals surface area contributed by atoms with Gasteiger partial charge in [0.1, 0.15) is 0 Å². The smallest absolute Gasteiger partial charge is 0.212 e. The monoisotopic (exact) mass is 264 g/mol. The van der Waals surface area contributed by atoms with Crippen LogP contribution in [0.25, 0.3) is 0 Å². The van der Waals surface area contributed by atoms with Crippen molar-refractivity contribution in [3.8, 4) is 0 Å². The summed E-state index contributed by atoms with van der Waals surface area (Å²) in [6.45, 7) is 7.03. The second-order valence-corrected chi connectivity index (χ2v) is 6.78. The first-order valence-electron chi connectivity index (χ1n) is 7.33. The zero-order valence-electron chi connectivity index (χ0n) is 12.2. The maximum Gasteiger partial charge on any atom is 0.212 e. The van der Waals surface area contributed by atoms with Crippen LogP contribution in [0.5, 0.6) is 0 Å². The molecule has 1 aliphatic rings. The highest BCUT2D eigenvalue weighted by Crippen LogP contribution is 2.37. The number of rotatable bonds is 2. The lowest BCUT2D eigenvalue weighted by Crippen LogP contribution is -2.21. The maximum atomic E-state index is 12.8. The molecule has 2 atom stereocenters. The van der Waals surface area contributed by atoms with Crippen LogP contribution in [0.3, 0.4) is 0 Å². The van der Waals surface area contributed by atoms with E-state index >= 15 is 0 Å². The molecule has 1 heterocycles. The number of pyridine rings is 1. The maximum absolute atomic E-state index is 12.8. The zero-order chi connectivity index (χ0) is 13.9. The average Bonchev–Trinajstić information content (AvgIpc) is 2.57. The second-order valence-electron chi connectivity index (χ2n) is 6.78. The fourth-order valence-corrected chi connectivity index (χ4v) is 3.01. The van der Waals surface area contributed by atoms with Gasteiger partial charge in [-0.2, -0.15) is 4.39 Å². The predicted molar refractivity (Wildman–Crippen MR) is 77.6 cm³/mol. The van der Waals surface area contributed by atoms with Crippen molar-refractivity contribution in [3.05, 3.63) is 24.3 Å². The Kier molecular flexibility index (Phi) is 4.43. The Hall–Kier alpha value is -1.12. The zero-order valence-corrected chi connectivity index (χ0v) is 12.2. The lowest BCUT2D eigenvalue weighted by Gasteiger charge is -2.29. The minimum absolute atomic E-state index is 0.409. The highest BCUT2D eigenvalue weighted by molar-refractivity contribution is 5.40. The van der Waals surface area contributed by atoms with Gasteiger partial charge in [-0.05, 0) is 49.1 Å². The molecule has 1 fully saturated rings. The molecule has 2 unspecified atom stereocenters. The van der Waals surface area contributed by atoms with Crippen LogP contribution in [0, 0.1) is 17.3 Å². The van der Waals surface area contributed by atoms with Crippen molar-refractivity contribution in [2.45, 2.75) is 58.9 Å². The molecule has 0 radical (unpaired) electrons. The molecule has 106 valence electrons. The lowest BCUT2D eigenvalue weighted by atomic mass is 9.76. The van der Waals surface area contributed by atoms with Crippen molar-refractivity contribution in [3.63, 3.8) is 0 Å². The third-order valence-corrected chi connectivity index (χ3v) is 4.29. The number of anilines is 1. The molecular formula is C16H25FN2. The minimum atomic E-state index is -0.417. The van der Waals surface area contributed by atoms with Crippen LogP contribution in [-0.4, -0.2) is 11.0 Å². The molecule has 0 spiro atoms. The van der Waals surface area contributed by atoms with Gasteiger partial charge in [0, 0.05) is 6.04 Å². The van der Waals surface area contributed by atoms with Gasteiger partial charge in [-0.3, -0.25) is 0 Å². The standard InChI is InChI=1S/C16H25FN2/c1-16(2,3)12-5-4-6-13(8-7-12)19-14-9-10-15(17)18-11-14/h9-13,19H,4-8H2,1-3H3. The number of nitrogens with zero attached hydrogens (tertiary/aromatic N) is 1. The van der Waals surface area contributed by atoms with E-state index in [1.54, 1.807) is 12.3 Å². The molecule has 0 bridgehead atoms. The molecule has 2 nitrogen and oxygen atoms in total. The van der Waals surface area contributed by atoms with Crippen LogP contribution in [0.1, 0.15) is 52.9 Å². The van der Waals surface area contributed by atoms with Gasteiger partial charge >= 0.3 is 0 Å². The summed E-state index contributed by atoms with van der Waals surface area (Å²) in [5, 5.41) is 3.49. The molecule has 0 amide bonds. The summed E-state index contributed by atoms with van der Waals surface area (Å²) in [7, 11) is 0. The van der Waals surface area contributed by atoms with Crippen molar-refractivity contribution < 1.29 is 4.39 Å². The number of aromatic nitrogens is 1.